The minimum Gasteiger partial charge on any atom is -0.376 e. The highest BCUT2D eigenvalue weighted by molar-refractivity contribution is 5.95. The molecule has 5 nitrogen and oxygen atoms in total. The van der Waals surface area contributed by atoms with Gasteiger partial charge >= 0.3 is 0 Å². The number of allylic oxidation sites excluding steroid dienone is 1. The number of carbonyl (C=O) groups is 2. The van der Waals surface area contributed by atoms with Gasteiger partial charge in [0, 0.05) is 23.8 Å². The van der Waals surface area contributed by atoms with Crippen molar-refractivity contribution >= 4 is 17.5 Å². The van der Waals surface area contributed by atoms with Crippen molar-refractivity contribution < 1.29 is 9.59 Å². The molecule has 0 aromatic heterocycles. The van der Waals surface area contributed by atoms with E-state index in [1.807, 2.05) is 25.1 Å². The minimum absolute atomic E-state index is 0.0198. The van der Waals surface area contributed by atoms with E-state index in [0.29, 0.717) is 18.2 Å². The van der Waals surface area contributed by atoms with E-state index in [9.17, 15) is 9.59 Å². The third kappa shape index (κ3) is 5.61. The zero-order valence-electron chi connectivity index (χ0n) is 15.6. The van der Waals surface area contributed by atoms with Gasteiger partial charge in [0.2, 0.25) is 5.91 Å². The van der Waals surface area contributed by atoms with Crippen LogP contribution in [0.5, 0.6) is 0 Å². The third-order valence-electron chi connectivity index (χ3n) is 5.01. The fourth-order valence-electron chi connectivity index (χ4n) is 3.18. The van der Waals surface area contributed by atoms with Crippen molar-refractivity contribution in [1.82, 2.24) is 10.6 Å². The summed E-state index contributed by atoms with van der Waals surface area (Å²) in [5.74, 6) is -0.0607. The van der Waals surface area contributed by atoms with Crippen LogP contribution in [-0.2, 0) is 4.79 Å². The van der Waals surface area contributed by atoms with Crippen molar-refractivity contribution in [3.05, 3.63) is 41.0 Å². The maximum atomic E-state index is 12.2. The molecule has 0 unspecified atom stereocenters. The Labute approximate surface area is 155 Å². The molecular weight excluding hydrogens is 326 g/mol. The van der Waals surface area contributed by atoms with E-state index in [0.717, 1.165) is 30.5 Å². The van der Waals surface area contributed by atoms with Crippen LogP contribution >= 0.6 is 0 Å². The minimum atomic E-state index is -0.0410. The van der Waals surface area contributed by atoms with Crippen molar-refractivity contribution in [1.29, 1.82) is 0 Å². The summed E-state index contributed by atoms with van der Waals surface area (Å²) in [6.07, 6.45) is 10.3. The number of benzene rings is 1. The van der Waals surface area contributed by atoms with Gasteiger partial charge in [-0.1, -0.05) is 17.7 Å². The van der Waals surface area contributed by atoms with Crippen LogP contribution < -0.4 is 16.0 Å². The summed E-state index contributed by atoms with van der Waals surface area (Å²) in [5, 5.41) is 9.12. The molecule has 0 bridgehead atoms. The summed E-state index contributed by atoms with van der Waals surface area (Å²) >= 11 is 0. The predicted octanol–water partition coefficient (Wildman–Crippen LogP) is 3.31. The summed E-state index contributed by atoms with van der Waals surface area (Å²) in [5.41, 5.74) is 3.95. The van der Waals surface area contributed by atoms with Gasteiger partial charge < -0.3 is 16.0 Å². The second-order valence-corrected chi connectivity index (χ2v) is 7.34. The molecule has 2 aliphatic rings. The zero-order chi connectivity index (χ0) is 18.4. The zero-order valence-corrected chi connectivity index (χ0v) is 15.6. The molecule has 2 amide bonds. The SMILES string of the molecule is Cc1ccc(C(=O)NC2CC2)cc1NCC(=O)NCCC1=CCCCC1. The smallest absolute Gasteiger partial charge is 0.251 e. The summed E-state index contributed by atoms with van der Waals surface area (Å²) in [7, 11) is 0. The Balaban J connectivity index is 1.44. The lowest BCUT2D eigenvalue weighted by Gasteiger charge is -2.14. The quantitative estimate of drug-likeness (QED) is 0.627. The van der Waals surface area contributed by atoms with Crippen molar-refractivity contribution in [2.75, 3.05) is 18.4 Å². The molecule has 0 saturated heterocycles. The van der Waals surface area contributed by atoms with Crippen LogP contribution in [0.15, 0.2) is 29.8 Å². The molecule has 26 heavy (non-hydrogen) atoms. The molecule has 5 heteroatoms. The fraction of sp³-hybridized carbons (Fsp3) is 0.524. The van der Waals surface area contributed by atoms with Crippen LogP contribution in [0, 0.1) is 6.92 Å². The Morgan fingerprint density at radius 3 is 2.77 bits per heavy atom. The number of hydrogen-bond acceptors (Lipinski definition) is 3. The molecule has 1 fully saturated rings. The summed E-state index contributed by atoms with van der Waals surface area (Å²) in [6, 6.07) is 5.91. The van der Waals surface area contributed by atoms with E-state index in [1.165, 1.54) is 31.3 Å². The Bertz CT molecular complexity index is 692. The lowest BCUT2D eigenvalue weighted by atomic mass is 9.97. The maximum Gasteiger partial charge on any atom is 0.251 e. The monoisotopic (exact) mass is 355 g/mol. The summed E-state index contributed by atoms with van der Waals surface area (Å²) in [6.45, 7) is 2.88. The second-order valence-electron chi connectivity index (χ2n) is 7.34. The molecule has 0 spiro atoms. The van der Waals surface area contributed by atoms with Gasteiger partial charge in [0.25, 0.3) is 5.91 Å². The Kier molecular flexibility index (Phi) is 6.31. The molecule has 1 aromatic carbocycles. The molecule has 140 valence electrons. The van der Waals surface area contributed by atoms with Crippen molar-refractivity contribution in [2.24, 2.45) is 0 Å². The molecule has 3 N–H and O–H groups in total. The average Bonchev–Trinajstić information content (AvgIpc) is 3.46. The first-order valence-electron chi connectivity index (χ1n) is 9.72. The van der Waals surface area contributed by atoms with E-state index >= 15 is 0 Å². The lowest BCUT2D eigenvalue weighted by Crippen LogP contribution is -2.31. The lowest BCUT2D eigenvalue weighted by molar-refractivity contribution is -0.119. The van der Waals surface area contributed by atoms with Crippen molar-refractivity contribution in [3.8, 4) is 0 Å². The molecule has 1 saturated carbocycles. The van der Waals surface area contributed by atoms with Crippen LogP contribution in [0.3, 0.4) is 0 Å². The number of amides is 2. The highest BCUT2D eigenvalue weighted by Gasteiger charge is 2.23. The van der Waals surface area contributed by atoms with Crippen LogP contribution in [0.1, 0.15) is 60.9 Å². The first-order chi connectivity index (χ1) is 12.6. The van der Waals surface area contributed by atoms with Gasteiger partial charge in [-0.15, -0.1) is 0 Å². The van der Waals surface area contributed by atoms with Gasteiger partial charge in [0.1, 0.15) is 0 Å². The summed E-state index contributed by atoms with van der Waals surface area (Å²) in [4.78, 5) is 24.2. The normalized spacial score (nSPS) is 16.6. The van der Waals surface area contributed by atoms with Gasteiger partial charge in [-0.3, -0.25) is 9.59 Å². The fourth-order valence-corrected chi connectivity index (χ4v) is 3.18. The molecule has 3 rings (SSSR count). The first-order valence-corrected chi connectivity index (χ1v) is 9.72. The van der Waals surface area contributed by atoms with E-state index in [4.69, 9.17) is 0 Å². The third-order valence-corrected chi connectivity index (χ3v) is 5.01. The first kappa shape index (κ1) is 18.5. The van der Waals surface area contributed by atoms with Gasteiger partial charge in [0.15, 0.2) is 0 Å². The maximum absolute atomic E-state index is 12.2. The molecule has 0 aliphatic heterocycles. The number of nitrogens with one attached hydrogen (secondary N) is 3. The van der Waals surface area contributed by atoms with Crippen LogP contribution in [0.4, 0.5) is 5.69 Å². The Morgan fingerprint density at radius 1 is 1.19 bits per heavy atom. The molecule has 0 atom stereocenters. The standard InChI is InChI=1S/C21H29N3O2/c1-15-7-8-17(21(26)24-18-9-10-18)13-19(15)23-14-20(25)22-12-11-16-5-3-2-4-6-16/h5,7-8,13,18,23H,2-4,6,9-12,14H2,1H3,(H,22,25)(H,24,26). The molecule has 1 aromatic rings. The summed E-state index contributed by atoms with van der Waals surface area (Å²) < 4.78 is 0. The van der Waals surface area contributed by atoms with E-state index in [1.54, 1.807) is 0 Å². The number of anilines is 1. The van der Waals surface area contributed by atoms with Crippen LogP contribution in [0.2, 0.25) is 0 Å². The van der Waals surface area contributed by atoms with Gasteiger partial charge in [-0.05, 0) is 69.6 Å². The number of hydrogen-bond donors (Lipinski definition) is 3. The highest BCUT2D eigenvalue weighted by Crippen LogP contribution is 2.21. The van der Waals surface area contributed by atoms with E-state index < -0.39 is 0 Å². The van der Waals surface area contributed by atoms with Crippen molar-refractivity contribution in [3.63, 3.8) is 0 Å². The second kappa shape index (κ2) is 8.88. The average molecular weight is 355 g/mol. The molecule has 2 aliphatic carbocycles. The van der Waals surface area contributed by atoms with Gasteiger partial charge in [0.05, 0.1) is 6.54 Å². The van der Waals surface area contributed by atoms with E-state index in [-0.39, 0.29) is 18.4 Å². The number of aryl methyl sites for hydroxylation is 1. The molecule has 0 radical (unpaired) electrons. The number of rotatable bonds is 8. The largest absolute Gasteiger partial charge is 0.376 e. The van der Waals surface area contributed by atoms with Gasteiger partial charge in [-0.2, -0.15) is 0 Å². The van der Waals surface area contributed by atoms with Crippen LogP contribution in [0.25, 0.3) is 0 Å². The number of carbonyl (C=O) groups excluding carboxylic acids is 2. The Morgan fingerprint density at radius 2 is 2.04 bits per heavy atom. The highest BCUT2D eigenvalue weighted by atomic mass is 16.2. The van der Waals surface area contributed by atoms with E-state index in [2.05, 4.69) is 22.0 Å². The van der Waals surface area contributed by atoms with Crippen LogP contribution in [-0.4, -0.2) is 30.9 Å². The topological polar surface area (TPSA) is 70.2 Å². The Hall–Kier alpha value is -2.30. The van der Waals surface area contributed by atoms with Crippen molar-refractivity contribution in [2.45, 2.75) is 57.9 Å². The molecule has 0 heterocycles. The predicted molar refractivity (Wildman–Crippen MR) is 104 cm³/mol. The van der Waals surface area contributed by atoms with Gasteiger partial charge in [-0.25, -0.2) is 0 Å². The molecular formula is C21H29N3O2.